The van der Waals surface area contributed by atoms with Crippen LogP contribution < -0.4 is 0 Å². The van der Waals surface area contributed by atoms with E-state index in [0.717, 1.165) is 22.9 Å². The predicted octanol–water partition coefficient (Wildman–Crippen LogP) is 6.45. The Morgan fingerprint density at radius 1 is 0.919 bits per heavy atom. The average Bonchev–Trinajstić information content (AvgIpc) is 3.39. The van der Waals surface area contributed by atoms with Crippen molar-refractivity contribution in [2.75, 3.05) is 5.75 Å². The first-order chi connectivity index (χ1) is 17.6. The fourth-order valence-electron chi connectivity index (χ4n) is 3.78. The highest BCUT2D eigenvalue weighted by Crippen LogP contribution is 2.41. The summed E-state index contributed by atoms with van der Waals surface area (Å²) in [5.41, 5.74) is 2.23. The van der Waals surface area contributed by atoms with Gasteiger partial charge in [0, 0.05) is 30.5 Å². The van der Waals surface area contributed by atoms with Crippen LogP contribution in [0.5, 0.6) is 0 Å². The van der Waals surface area contributed by atoms with E-state index in [0.29, 0.717) is 14.9 Å². The monoisotopic (exact) mass is 615 g/mol. The third-order valence-corrected chi connectivity index (χ3v) is 11.6. The van der Waals surface area contributed by atoms with E-state index in [1.165, 1.54) is 4.31 Å². The quantitative estimate of drug-likeness (QED) is 0.154. The summed E-state index contributed by atoms with van der Waals surface area (Å²) >= 11 is 5.14. The summed E-state index contributed by atoms with van der Waals surface area (Å²) in [5, 5.41) is 14.5. The molecular formula is C26H30BrN5O2S2Si. The molecule has 0 amide bonds. The van der Waals surface area contributed by atoms with E-state index in [1.807, 2.05) is 72.8 Å². The van der Waals surface area contributed by atoms with E-state index in [9.17, 15) is 8.42 Å². The van der Waals surface area contributed by atoms with Crippen LogP contribution in [0.4, 0.5) is 0 Å². The fraction of sp³-hybridized carbons (Fsp3) is 0.269. The fourth-order valence-corrected chi connectivity index (χ4v) is 10.1. The molecule has 194 valence electrons. The average molecular weight is 617 g/mol. The molecule has 0 saturated heterocycles. The molecule has 0 aliphatic carbocycles. The van der Waals surface area contributed by atoms with Crippen molar-refractivity contribution in [3.8, 4) is 11.4 Å². The van der Waals surface area contributed by atoms with Gasteiger partial charge in [-0.2, -0.15) is 9.52 Å². The number of aromatic amines is 1. The van der Waals surface area contributed by atoms with Crippen LogP contribution in [0.15, 0.2) is 87.1 Å². The first kappa shape index (κ1) is 27.7. The van der Waals surface area contributed by atoms with Gasteiger partial charge in [-0.25, -0.2) is 8.42 Å². The minimum atomic E-state index is -4.00. The van der Waals surface area contributed by atoms with E-state index < -0.39 is 18.1 Å². The van der Waals surface area contributed by atoms with Gasteiger partial charge in [-0.3, -0.25) is 0 Å². The molecule has 0 aliphatic rings. The van der Waals surface area contributed by atoms with Crippen LogP contribution in [-0.2, 0) is 23.1 Å². The second-order valence-corrected chi connectivity index (χ2v) is 19.4. The Labute approximate surface area is 232 Å². The van der Waals surface area contributed by atoms with Crippen LogP contribution in [0.2, 0.25) is 25.7 Å². The lowest BCUT2D eigenvalue weighted by Crippen LogP contribution is -2.31. The van der Waals surface area contributed by atoms with Gasteiger partial charge in [-0.1, -0.05) is 80.3 Å². The lowest BCUT2D eigenvalue weighted by molar-refractivity contribution is 0.400. The summed E-state index contributed by atoms with van der Waals surface area (Å²) in [5.74, 6) is 1.07. The van der Waals surface area contributed by atoms with E-state index >= 15 is 0 Å². The number of thioether (sulfide) groups is 1. The Bertz CT molecular complexity index is 1370. The van der Waals surface area contributed by atoms with Gasteiger partial charge >= 0.3 is 0 Å². The molecule has 3 aromatic carbocycles. The highest BCUT2D eigenvalue weighted by Gasteiger charge is 2.33. The van der Waals surface area contributed by atoms with E-state index in [2.05, 4.69) is 56.2 Å². The molecule has 0 saturated carbocycles. The van der Waals surface area contributed by atoms with Crippen LogP contribution >= 0.6 is 27.7 Å². The Balaban J connectivity index is 1.85. The molecule has 0 fully saturated rings. The third kappa shape index (κ3) is 7.17. The van der Waals surface area contributed by atoms with Crippen LogP contribution in [-0.4, -0.2) is 47.2 Å². The van der Waals surface area contributed by atoms with E-state index in [-0.39, 0.29) is 23.8 Å². The van der Waals surface area contributed by atoms with Crippen molar-refractivity contribution in [2.45, 2.75) is 48.6 Å². The van der Waals surface area contributed by atoms with E-state index in [1.54, 1.807) is 11.8 Å². The molecule has 0 atom stereocenters. The topological polar surface area (TPSA) is 91.8 Å². The molecule has 0 bridgehead atoms. The Kier molecular flexibility index (Phi) is 9.01. The number of nitrogens with zero attached hydrogens (tertiary/aromatic N) is 4. The van der Waals surface area contributed by atoms with Crippen LogP contribution in [0.1, 0.15) is 11.1 Å². The summed E-state index contributed by atoms with van der Waals surface area (Å²) in [7, 11) is -5.31. The SMILES string of the molecule is C[Si](C)(C)CCSc1ccc(Br)c(-c2nn[nH]n2)c1S(=O)(=O)N(Cc1ccccc1)Cc1ccccc1. The molecular weight excluding hydrogens is 586 g/mol. The van der Waals surface area contributed by atoms with Crippen molar-refractivity contribution in [2.24, 2.45) is 0 Å². The minimum absolute atomic E-state index is 0.204. The van der Waals surface area contributed by atoms with Crippen molar-refractivity contribution < 1.29 is 8.42 Å². The number of benzene rings is 3. The summed E-state index contributed by atoms with van der Waals surface area (Å²) < 4.78 is 31.3. The molecule has 1 heterocycles. The second kappa shape index (κ2) is 12.0. The van der Waals surface area contributed by atoms with Crippen molar-refractivity contribution in [1.29, 1.82) is 0 Å². The standard InChI is InChI=1S/C26H30BrN5O2S2Si/c1-37(2,3)17-16-35-23-15-14-22(27)24(26-28-30-31-29-26)25(23)36(33,34)32(18-20-10-6-4-7-11-20)19-21-12-8-5-9-13-21/h4-15H,16-19H2,1-3H3,(H,28,29,30,31). The first-order valence-electron chi connectivity index (χ1n) is 11.9. The third-order valence-electron chi connectivity index (χ3n) is 5.75. The molecule has 1 N–H and O–H groups in total. The maximum atomic E-state index is 14.6. The van der Waals surface area contributed by atoms with E-state index in [4.69, 9.17) is 0 Å². The minimum Gasteiger partial charge on any atom is -0.207 e. The lowest BCUT2D eigenvalue weighted by atomic mass is 10.2. The van der Waals surface area contributed by atoms with Crippen molar-refractivity contribution in [3.05, 3.63) is 88.4 Å². The number of rotatable bonds is 11. The van der Waals surface area contributed by atoms with Gasteiger partial charge in [-0.15, -0.1) is 22.0 Å². The van der Waals surface area contributed by atoms with Crippen molar-refractivity contribution >= 4 is 45.8 Å². The van der Waals surface area contributed by atoms with Gasteiger partial charge in [0.2, 0.25) is 15.8 Å². The number of aromatic nitrogens is 4. The molecule has 0 radical (unpaired) electrons. The van der Waals surface area contributed by atoms with Crippen LogP contribution in [0.25, 0.3) is 11.4 Å². The summed E-state index contributed by atoms with van der Waals surface area (Å²) in [6.07, 6.45) is 0. The van der Waals surface area contributed by atoms with Crippen molar-refractivity contribution in [3.63, 3.8) is 0 Å². The molecule has 1 aromatic heterocycles. The Hall–Kier alpha value is -2.31. The number of halogens is 1. The molecule has 37 heavy (non-hydrogen) atoms. The summed E-state index contributed by atoms with van der Waals surface area (Å²) in [6.45, 7) is 7.42. The number of hydrogen-bond donors (Lipinski definition) is 1. The maximum absolute atomic E-state index is 14.6. The normalized spacial score (nSPS) is 12.2. The smallest absolute Gasteiger partial charge is 0.207 e. The lowest BCUT2D eigenvalue weighted by Gasteiger charge is -2.25. The van der Waals surface area contributed by atoms with Gasteiger partial charge < -0.3 is 0 Å². The van der Waals surface area contributed by atoms with Crippen molar-refractivity contribution in [1.82, 2.24) is 24.9 Å². The van der Waals surface area contributed by atoms with Crippen LogP contribution in [0.3, 0.4) is 0 Å². The molecule has 0 unspecified atom stereocenters. The molecule has 4 aromatic rings. The van der Waals surface area contributed by atoms with Crippen LogP contribution in [0, 0.1) is 0 Å². The van der Waals surface area contributed by atoms with Gasteiger partial charge in [0.25, 0.3) is 0 Å². The summed E-state index contributed by atoms with van der Waals surface area (Å²) in [6, 6.07) is 24.1. The molecule has 0 aliphatic heterocycles. The second-order valence-electron chi connectivity index (χ2n) is 9.89. The summed E-state index contributed by atoms with van der Waals surface area (Å²) in [4.78, 5) is 0.892. The number of tetrazole rings is 1. The zero-order valence-electron chi connectivity index (χ0n) is 21.1. The highest BCUT2D eigenvalue weighted by molar-refractivity contribution is 9.10. The van der Waals surface area contributed by atoms with Gasteiger partial charge in [-0.05, 0) is 56.2 Å². The van der Waals surface area contributed by atoms with Gasteiger partial charge in [0.05, 0.1) is 5.56 Å². The number of sulfonamides is 1. The molecule has 0 spiro atoms. The van der Waals surface area contributed by atoms with Gasteiger partial charge in [0.1, 0.15) is 4.90 Å². The highest BCUT2D eigenvalue weighted by atomic mass is 79.9. The Morgan fingerprint density at radius 3 is 2.03 bits per heavy atom. The molecule has 7 nitrogen and oxygen atoms in total. The number of H-pyrrole nitrogens is 1. The van der Waals surface area contributed by atoms with Gasteiger partial charge in [0.15, 0.2) is 0 Å². The zero-order valence-corrected chi connectivity index (χ0v) is 25.3. The largest absolute Gasteiger partial charge is 0.245 e. The predicted molar refractivity (Wildman–Crippen MR) is 156 cm³/mol. The number of hydrogen-bond acceptors (Lipinski definition) is 6. The molecule has 11 heteroatoms. The first-order valence-corrected chi connectivity index (χ1v) is 18.8. The molecule has 4 rings (SSSR count). The number of nitrogens with one attached hydrogen (secondary N) is 1. The zero-order chi connectivity index (χ0) is 26.5. The Morgan fingerprint density at radius 2 is 1.51 bits per heavy atom. The maximum Gasteiger partial charge on any atom is 0.245 e.